The van der Waals surface area contributed by atoms with E-state index in [0.29, 0.717) is 23.8 Å². The largest absolute Gasteiger partial charge is 0.353 e. The Balaban J connectivity index is 1.42. The second-order valence-corrected chi connectivity index (χ2v) is 9.11. The first kappa shape index (κ1) is 14.9. The van der Waals surface area contributed by atoms with Crippen LogP contribution >= 0.6 is 0 Å². The highest BCUT2D eigenvalue weighted by atomic mass is 16.2. The van der Waals surface area contributed by atoms with Crippen LogP contribution in [-0.2, 0) is 10.3 Å². The maximum absolute atomic E-state index is 13.3. The molecule has 6 rings (SSSR count). The molecule has 0 aliphatic heterocycles. The predicted octanol–water partition coefficient (Wildman–Crippen LogP) is 3.02. The third kappa shape index (κ3) is 2.23. The summed E-state index contributed by atoms with van der Waals surface area (Å²) in [6.45, 7) is 0. The van der Waals surface area contributed by atoms with E-state index < -0.39 is 0 Å². The molecule has 1 aromatic rings. The zero-order valence-electron chi connectivity index (χ0n) is 14.4. The first-order valence-electron chi connectivity index (χ1n) is 9.84. The van der Waals surface area contributed by atoms with Gasteiger partial charge in [0.05, 0.1) is 11.0 Å². The van der Waals surface area contributed by atoms with Crippen LogP contribution in [0.3, 0.4) is 0 Å². The van der Waals surface area contributed by atoms with E-state index in [0.717, 1.165) is 19.3 Å². The molecule has 5 saturated carbocycles. The summed E-state index contributed by atoms with van der Waals surface area (Å²) in [6.07, 6.45) is 16.6. The summed E-state index contributed by atoms with van der Waals surface area (Å²) in [5, 5.41) is 7.94. The fraction of sp³-hybridized carbons (Fsp3) is 0.842. The van der Waals surface area contributed by atoms with Gasteiger partial charge in [0.2, 0.25) is 5.91 Å². The van der Waals surface area contributed by atoms with E-state index >= 15 is 0 Å². The molecule has 5 aliphatic rings. The van der Waals surface area contributed by atoms with Gasteiger partial charge in [0.15, 0.2) is 0 Å². The van der Waals surface area contributed by atoms with E-state index in [1.807, 2.05) is 6.33 Å². The van der Waals surface area contributed by atoms with Crippen LogP contribution in [0.2, 0.25) is 0 Å². The van der Waals surface area contributed by atoms with Gasteiger partial charge in [-0.2, -0.15) is 5.10 Å². The van der Waals surface area contributed by atoms with Gasteiger partial charge in [0, 0.05) is 6.04 Å². The van der Waals surface area contributed by atoms with Crippen LogP contribution < -0.4 is 5.32 Å². The standard InChI is InChI=1S/C19H28N4O/c24-17(22-16-4-2-1-3-5-16)18-7-14-6-15(8-18)10-19(9-14,11-18)23-13-20-12-21-23/h12-16H,1-11H2,(H,22,24)/t14-,15-,18?,19?/m1/s1. The Morgan fingerprint density at radius 2 is 1.83 bits per heavy atom. The Morgan fingerprint density at radius 1 is 1.08 bits per heavy atom. The van der Waals surface area contributed by atoms with Crippen LogP contribution in [0.25, 0.3) is 0 Å². The molecule has 1 N–H and O–H groups in total. The summed E-state index contributed by atoms with van der Waals surface area (Å²) in [4.78, 5) is 17.5. The van der Waals surface area contributed by atoms with Gasteiger partial charge in [-0.3, -0.25) is 4.79 Å². The minimum atomic E-state index is -0.145. The summed E-state index contributed by atoms with van der Waals surface area (Å²) in [7, 11) is 0. The molecular formula is C19H28N4O. The van der Waals surface area contributed by atoms with E-state index in [1.54, 1.807) is 6.33 Å². The number of nitrogens with zero attached hydrogens (tertiary/aromatic N) is 3. The summed E-state index contributed by atoms with van der Waals surface area (Å²) >= 11 is 0. The smallest absolute Gasteiger partial charge is 0.226 e. The highest BCUT2D eigenvalue weighted by Crippen LogP contribution is 2.64. The molecule has 0 unspecified atom stereocenters. The van der Waals surface area contributed by atoms with Gasteiger partial charge in [0.1, 0.15) is 12.7 Å². The molecule has 5 heteroatoms. The second kappa shape index (κ2) is 5.30. The number of hydrogen-bond donors (Lipinski definition) is 1. The Labute approximate surface area is 143 Å². The monoisotopic (exact) mass is 328 g/mol. The van der Waals surface area contributed by atoms with Crippen molar-refractivity contribution in [3.63, 3.8) is 0 Å². The molecule has 0 saturated heterocycles. The Hall–Kier alpha value is -1.39. The Morgan fingerprint density at radius 3 is 2.50 bits per heavy atom. The highest BCUT2D eigenvalue weighted by Gasteiger charge is 2.61. The minimum Gasteiger partial charge on any atom is -0.353 e. The molecule has 1 aromatic heterocycles. The van der Waals surface area contributed by atoms with Crippen molar-refractivity contribution in [2.24, 2.45) is 17.3 Å². The zero-order valence-corrected chi connectivity index (χ0v) is 14.4. The topological polar surface area (TPSA) is 59.8 Å². The van der Waals surface area contributed by atoms with Gasteiger partial charge < -0.3 is 5.32 Å². The lowest BCUT2D eigenvalue weighted by Crippen LogP contribution is -2.61. The van der Waals surface area contributed by atoms with Crippen LogP contribution in [0.5, 0.6) is 0 Å². The van der Waals surface area contributed by atoms with Crippen LogP contribution in [0.4, 0.5) is 0 Å². The Bertz CT molecular complexity index is 605. The number of aromatic nitrogens is 3. The quantitative estimate of drug-likeness (QED) is 0.928. The van der Waals surface area contributed by atoms with Crippen molar-refractivity contribution in [1.29, 1.82) is 0 Å². The molecule has 5 aliphatic carbocycles. The van der Waals surface area contributed by atoms with Crippen molar-refractivity contribution in [3.8, 4) is 0 Å². The number of nitrogens with one attached hydrogen (secondary N) is 1. The van der Waals surface area contributed by atoms with E-state index in [-0.39, 0.29) is 11.0 Å². The van der Waals surface area contributed by atoms with Crippen molar-refractivity contribution >= 4 is 5.91 Å². The average Bonchev–Trinajstić information content (AvgIpc) is 3.10. The zero-order chi connectivity index (χ0) is 16.2. The number of rotatable bonds is 3. The first-order chi connectivity index (χ1) is 11.7. The summed E-state index contributed by atoms with van der Waals surface area (Å²) in [5.74, 6) is 1.73. The fourth-order valence-corrected chi connectivity index (χ4v) is 6.79. The van der Waals surface area contributed by atoms with E-state index in [4.69, 9.17) is 0 Å². The molecular weight excluding hydrogens is 300 g/mol. The molecule has 5 nitrogen and oxygen atoms in total. The Kier molecular flexibility index (Phi) is 3.29. The minimum absolute atomic E-state index is 0.0461. The molecule has 24 heavy (non-hydrogen) atoms. The maximum atomic E-state index is 13.3. The van der Waals surface area contributed by atoms with Gasteiger partial charge in [-0.05, 0) is 63.2 Å². The van der Waals surface area contributed by atoms with Crippen LogP contribution in [-0.4, -0.2) is 26.7 Å². The summed E-state index contributed by atoms with van der Waals surface area (Å²) < 4.78 is 2.09. The predicted molar refractivity (Wildman–Crippen MR) is 90.1 cm³/mol. The van der Waals surface area contributed by atoms with Gasteiger partial charge in [0.25, 0.3) is 0 Å². The summed E-state index contributed by atoms with van der Waals surface area (Å²) in [5.41, 5.74) is -0.0992. The summed E-state index contributed by atoms with van der Waals surface area (Å²) in [6, 6.07) is 0.418. The van der Waals surface area contributed by atoms with Crippen molar-refractivity contribution in [2.75, 3.05) is 0 Å². The van der Waals surface area contributed by atoms with Crippen molar-refractivity contribution in [2.45, 2.75) is 82.2 Å². The third-order valence-corrected chi connectivity index (χ3v) is 7.36. The van der Waals surface area contributed by atoms with Crippen LogP contribution in [0, 0.1) is 17.3 Å². The van der Waals surface area contributed by atoms with Gasteiger partial charge >= 0.3 is 0 Å². The van der Waals surface area contributed by atoms with Gasteiger partial charge in [-0.25, -0.2) is 9.67 Å². The van der Waals surface area contributed by atoms with Crippen molar-refractivity contribution in [3.05, 3.63) is 12.7 Å². The molecule has 2 atom stereocenters. The van der Waals surface area contributed by atoms with Crippen LogP contribution in [0.1, 0.15) is 70.6 Å². The number of amides is 1. The average molecular weight is 328 g/mol. The van der Waals surface area contributed by atoms with Gasteiger partial charge in [-0.15, -0.1) is 0 Å². The third-order valence-electron chi connectivity index (χ3n) is 7.36. The second-order valence-electron chi connectivity index (χ2n) is 9.11. The lowest BCUT2D eigenvalue weighted by atomic mass is 9.46. The molecule has 5 fully saturated rings. The normalized spacial score (nSPS) is 41.5. The van der Waals surface area contributed by atoms with Crippen LogP contribution in [0.15, 0.2) is 12.7 Å². The number of carbonyl (C=O) groups is 1. The molecule has 1 heterocycles. The van der Waals surface area contributed by atoms with E-state index in [9.17, 15) is 4.79 Å². The van der Waals surface area contributed by atoms with E-state index in [2.05, 4.69) is 20.1 Å². The number of carbonyl (C=O) groups excluding carboxylic acids is 1. The van der Waals surface area contributed by atoms with Crippen molar-refractivity contribution in [1.82, 2.24) is 20.1 Å². The molecule has 4 bridgehead atoms. The SMILES string of the molecule is O=C(NC1CCCCC1)C12C[C@H]3C[C@H](C1)CC(n1cncn1)(C3)C2. The molecule has 0 radical (unpaired) electrons. The molecule has 1 amide bonds. The molecule has 130 valence electrons. The first-order valence-corrected chi connectivity index (χ1v) is 9.84. The van der Waals surface area contributed by atoms with Gasteiger partial charge in [-0.1, -0.05) is 19.3 Å². The maximum Gasteiger partial charge on any atom is 0.226 e. The lowest BCUT2D eigenvalue weighted by molar-refractivity contribution is -0.157. The fourth-order valence-electron chi connectivity index (χ4n) is 6.79. The molecule has 0 spiro atoms. The van der Waals surface area contributed by atoms with Crippen molar-refractivity contribution < 1.29 is 4.79 Å². The number of hydrogen-bond acceptors (Lipinski definition) is 3. The molecule has 0 aromatic carbocycles. The lowest BCUT2D eigenvalue weighted by Gasteiger charge is -2.61. The highest BCUT2D eigenvalue weighted by molar-refractivity contribution is 5.83. The van der Waals surface area contributed by atoms with E-state index in [1.165, 1.54) is 51.4 Å².